The first-order valence-corrected chi connectivity index (χ1v) is 4.05. The fraction of sp³-hybridized carbons (Fsp3) is 0. The molecule has 0 unspecified atom stereocenters. The Labute approximate surface area is 78.9 Å². The van der Waals surface area contributed by atoms with Crippen LogP contribution in [0.1, 0.15) is 5.56 Å². The lowest BCUT2D eigenvalue weighted by Crippen LogP contribution is -2.06. The van der Waals surface area contributed by atoms with Gasteiger partial charge >= 0.3 is 0 Å². The van der Waals surface area contributed by atoms with Gasteiger partial charge in [0.2, 0.25) is 0 Å². The average Bonchev–Trinajstić information content (AvgIpc) is 2.03. The molecular weight excluding hydrogens is 218 g/mol. The van der Waals surface area contributed by atoms with Crippen LogP contribution >= 0.6 is 15.9 Å². The number of halogens is 1. The van der Waals surface area contributed by atoms with Crippen LogP contribution in [0.25, 0.3) is 0 Å². The Morgan fingerprint density at radius 3 is 2.67 bits per heavy atom. The molecule has 1 aromatic rings. The van der Waals surface area contributed by atoms with Crippen LogP contribution in [-0.2, 0) is 4.79 Å². The number of hydrogen-bond donors (Lipinski definition) is 1. The fourth-order valence-corrected chi connectivity index (χ4v) is 1.08. The maximum absolute atomic E-state index is 10.3. The summed E-state index contributed by atoms with van der Waals surface area (Å²) in [5, 5.41) is 0. The molecule has 1 rings (SSSR count). The van der Waals surface area contributed by atoms with Crippen LogP contribution in [0, 0.1) is 11.8 Å². The topological polar surface area (TPSA) is 43.1 Å². The molecule has 0 saturated carbocycles. The third kappa shape index (κ3) is 2.40. The van der Waals surface area contributed by atoms with Gasteiger partial charge < -0.3 is 5.73 Å². The van der Waals surface area contributed by atoms with E-state index < -0.39 is 5.91 Å². The van der Waals surface area contributed by atoms with Gasteiger partial charge in [-0.2, -0.15) is 0 Å². The summed E-state index contributed by atoms with van der Waals surface area (Å²) in [5.41, 5.74) is 5.62. The van der Waals surface area contributed by atoms with Crippen LogP contribution in [0.15, 0.2) is 28.7 Å². The molecule has 12 heavy (non-hydrogen) atoms. The first-order chi connectivity index (χ1) is 5.70. The second-order valence-electron chi connectivity index (χ2n) is 2.09. The number of amides is 1. The predicted molar refractivity (Wildman–Crippen MR) is 50.2 cm³/mol. The highest BCUT2D eigenvalue weighted by Crippen LogP contribution is 2.13. The summed E-state index contributed by atoms with van der Waals surface area (Å²) in [6.07, 6.45) is 0. The van der Waals surface area contributed by atoms with E-state index in [9.17, 15) is 4.79 Å². The molecule has 0 aliphatic carbocycles. The van der Waals surface area contributed by atoms with Gasteiger partial charge in [0.25, 0.3) is 5.91 Å². The van der Waals surface area contributed by atoms with Crippen molar-refractivity contribution in [3.8, 4) is 11.8 Å². The highest BCUT2D eigenvalue weighted by molar-refractivity contribution is 9.10. The van der Waals surface area contributed by atoms with Gasteiger partial charge in [0, 0.05) is 16.0 Å². The van der Waals surface area contributed by atoms with Crippen molar-refractivity contribution >= 4 is 21.8 Å². The van der Waals surface area contributed by atoms with E-state index in [1.165, 1.54) is 0 Å². The Morgan fingerprint density at radius 2 is 2.08 bits per heavy atom. The molecule has 0 spiro atoms. The SMILES string of the molecule is NC(=O)C#Cc1ccccc1Br. The minimum Gasteiger partial charge on any atom is -0.359 e. The molecule has 0 atom stereocenters. The van der Waals surface area contributed by atoms with Gasteiger partial charge in [-0.05, 0) is 28.1 Å². The molecule has 0 fully saturated rings. The molecule has 1 aromatic carbocycles. The van der Waals surface area contributed by atoms with E-state index in [0.717, 1.165) is 10.0 Å². The maximum Gasteiger partial charge on any atom is 0.293 e. The number of carbonyl (C=O) groups is 1. The van der Waals surface area contributed by atoms with Crippen molar-refractivity contribution < 1.29 is 4.79 Å². The Balaban J connectivity index is 2.99. The van der Waals surface area contributed by atoms with Gasteiger partial charge in [0.05, 0.1) is 0 Å². The lowest BCUT2D eigenvalue weighted by Gasteiger charge is -1.91. The molecule has 0 radical (unpaired) electrons. The molecule has 0 aromatic heterocycles. The lowest BCUT2D eigenvalue weighted by molar-refractivity contribution is -0.112. The fourth-order valence-electron chi connectivity index (χ4n) is 0.692. The Morgan fingerprint density at radius 1 is 1.42 bits per heavy atom. The van der Waals surface area contributed by atoms with Crippen molar-refractivity contribution in [1.82, 2.24) is 0 Å². The third-order valence-corrected chi connectivity index (χ3v) is 1.89. The monoisotopic (exact) mass is 223 g/mol. The predicted octanol–water partition coefficient (Wildman–Crippen LogP) is 1.29. The van der Waals surface area contributed by atoms with Gasteiger partial charge in [0.1, 0.15) is 0 Å². The van der Waals surface area contributed by atoms with Crippen molar-refractivity contribution in [2.45, 2.75) is 0 Å². The summed E-state index contributed by atoms with van der Waals surface area (Å²) < 4.78 is 0.860. The van der Waals surface area contributed by atoms with E-state index >= 15 is 0 Å². The van der Waals surface area contributed by atoms with Gasteiger partial charge in [-0.15, -0.1) is 0 Å². The third-order valence-electron chi connectivity index (χ3n) is 1.19. The Hall–Kier alpha value is -1.27. The van der Waals surface area contributed by atoms with Crippen molar-refractivity contribution in [1.29, 1.82) is 0 Å². The number of nitrogens with two attached hydrogens (primary N) is 1. The number of rotatable bonds is 0. The van der Waals surface area contributed by atoms with E-state index in [1.54, 1.807) is 6.07 Å². The number of hydrogen-bond acceptors (Lipinski definition) is 1. The van der Waals surface area contributed by atoms with Crippen LogP contribution in [0.2, 0.25) is 0 Å². The molecule has 60 valence electrons. The van der Waals surface area contributed by atoms with Crippen molar-refractivity contribution in [3.05, 3.63) is 34.3 Å². The van der Waals surface area contributed by atoms with Crippen molar-refractivity contribution in [2.24, 2.45) is 5.73 Å². The molecule has 1 amide bonds. The van der Waals surface area contributed by atoms with Gasteiger partial charge in [0.15, 0.2) is 0 Å². The summed E-state index contributed by atoms with van der Waals surface area (Å²) in [6, 6.07) is 7.38. The first-order valence-electron chi connectivity index (χ1n) is 3.26. The van der Waals surface area contributed by atoms with Crippen molar-refractivity contribution in [2.75, 3.05) is 0 Å². The molecular formula is C9H6BrNO. The van der Waals surface area contributed by atoms with E-state index in [-0.39, 0.29) is 0 Å². The Kier molecular flexibility index (Phi) is 2.89. The van der Waals surface area contributed by atoms with Crippen molar-refractivity contribution in [3.63, 3.8) is 0 Å². The van der Waals surface area contributed by atoms with Crippen LogP contribution in [0.5, 0.6) is 0 Å². The zero-order valence-corrected chi connectivity index (χ0v) is 7.76. The quantitative estimate of drug-likeness (QED) is 0.663. The summed E-state index contributed by atoms with van der Waals surface area (Å²) in [5.74, 6) is 4.28. The molecule has 2 nitrogen and oxygen atoms in total. The summed E-state index contributed by atoms with van der Waals surface area (Å²) in [4.78, 5) is 10.3. The van der Waals surface area contributed by atoms with Crippen LogP contribution in [0.4, 0.5) is 0 Å². The highest BCUT2D eigenvalue weighted by atomic mass is 79.9. The Bertz CT molecular complexity index is 362. The number of carbonyl (C=O) groups excluding carboxylic acids is 1. The zero-order valence-electron chi connectivity index (χ0n) is 6.17. The molecule has 0 aliphatic rings. The standard InChI is InChI=1S/C9H6BrNO/c10-8-4-2-1-3-7(8)5-6-9(11)12/h1-4H,(H2,11,12). The van der Waals surface area contributed by atoms with E-state index in [0.29, 0.717) is 0 Å². The van der Waals surface area contributed by atoms with Gasteiger partial charge in [-0.1, -0.05) is 18.1 Å². The molecule has 0 aliphatic heterocycles. The largest absolute Gasteiger partial charge is 0.359 e. The average molecular weight is 224 g/mol. The summed E-state index contributed by atoms with van der Waals surface area (Å²) in [7, 11) is 0. The van der Waals surface area contributed by atoms with Gasteiger partial charge in [-0.3, -0.25) is 4.79 Å². The van der Waals surface area contributed by atoms with E-state index in [1.807, 2.05) is 18.2 Å². The summed E-state index contributed by atoms with van der Waals surface area (Å²) >= 11 is 3.29. The van der Waals surface area contributed by atoms with Crippen LogP contribution < -0.4 is 5.73 Å². The molecule has 0 bridgehead atoms. The van der Waals surface area contributed by atoms with E-state index in [4.69, 9.17) is 5.73 Å². The smallest absolute Gasteiger partial charge is 0.293 e. The molecule has 3 heteroatoms. The normalized spacial score (nSPS) is 8.42. The first kappa shape index (κ1) is 8.82. The van der Waals surface area contributed by atoms with Crippen LogP contribution in [0.3, 0.4) is 0 Å². The van der Waals surface area contributed by atoms with E-state index in [2.05, 4.69) is 27.8 Å². The lowest BCUT2D eigenvalue weighted by atomic mass is 10.2. The van der Waals surface area contributed by atoms with Crippen LogP contribution in [-0.4, -0.2) is 5.91 Å². The molecule has 2 N–H and O–H groups in total. The van der Waals surface area contributed by atoms with Gasteiger partial charge in [-0.25, -0.2) is 0 Å². The maximum atomic E-state index is 10.3. The molecule has 0 heterocycles. The molecule has 0 saturated heterocycles. The minimum atomic E-state index is -0.620. The number of benzene rings is 1. The summed E-state index contributed by atoms with van der Waals surface area (Å²) in [6.45, 7) is 0. The zero-order chi connectivity index (χ0) is 8.97. The number of primary amides is 1. The minimum absolute atomic E-state index is 0.620. The highest BCUT2D eigenvalue weighted by Gasteiger charge is 1.92. The second-order valence-corrected chi connectivity index (χ2v) is 2.95. The second kappa shape index (κ2) is 3.93.